The molecule has 0 aliphatic heterocycles. The fourth-order valence-corrected chi connectivity index (χ4v) is 2.73. The van der Waals surface area contributed by atoms with Gasteiger partial charge in [-0.15, -0.1) is 11.3 Å². The van der Waals surface area contributed by atoms with Gasteiger partial charge in [0, 0.05) is 17.6 Å². The molecule has 0 radical (unpaired) electrons. The molecule has 2 N–H and O–H groups in total. The number of aliphatic hydroxyl groups is 1. The number of aliphatic hydroxyl groups excluding tert-OH is 1. The van der Waals surface area contributed by atoms with E-state index in [1.165, 1.54) is 4.88 Å². The molecule has 1 aromatic heterocycles. The van der Waals surface area contributed by atoms with Crippen molar-refractivity contribution in [2.24, 2.45) is 0 Å². The quantitative estimate of drug-likeness (QED) is 0.852. The molecule has 19 heavy (non-hydrogen) atoms. The largest absolute Gasteiger partial charge is 0.394 e. The van der Waals surface area contributed by atoms with E-state index >= 15 is 0 Å². The minimum atomic E-state index is -0.419. The van der Waals surface area contributed by atoms with Crippen molar-refractivity contribution in [3.05, 3.63) is 52.0 Å². The number of nitrogens with one attached hydrogen (secondary N) is 1. The van der Waals surface area contributed by atoms with Gasteiger partial charge in [-0.2, -0.15) is 0 Å². The van der Waals surface area contributed by atoms with Crippen LogP contribution in [-0.2, 0) is 18.5 Å². The minimum Gasteiger partial charge on any atom is -0.394 e. The summed E-state index contributed by atoms with van der Waals surface area (Å²) in [6.07, 6.45) is 2.89. The number of rotatable bonds is 6. The Balaban J connectivity index is 2.06. The summed E-state index contributed by atoms with van der Waals surface area (Å²) in [4.78, 5) is 5.55. The lowest BCUT2D eigenvalue weighted by atomic mass is 9.93. The summed E-state index contributed by atoms with van der Waals surface area (Å²) < 4.78 is 0. The number of aryl methyl sites for hydroxylation is 1. The van der Waals surface area contributed by atoms with Crippen LogP contribution in [0.3, 0.4) is 0 Å². The van der Waals surface area contributed by atoms with Crippen molar-refractivity contribution >= 4 is 11.3 Å². The van der Waals surface area contributed by atoms with E-state index in [-0.39, 0.29) is 6.61 Å². The van der Waals surface area contributed by atoms with Crippen LogP contribution < -0.4 is 5.32 Å². The second-order valence-corrected chi connectivity index (χ2v) is 5.98. The zero-order chi connectivity index (χ0) is 13.7. The lowest BCUT2D eigenvalue weighted by molar-refractivity contribution is 0.174. The first-order valence-corrected chi connectivity index (χ1v) is 7.34. The first kappa shape index (κ1) is 14.2. The number of hydrogen-bond donors (Lipinski definition) is 2. The fraction of sp³-hybridized carbons (Fsp3) is 0.400. The van der Waals surface area contributed by atoms with Gasteiger partial charge in [0.15, 0.2) is 0 Å². The zero-order valence-corrected chi connectivity index (χ0v) is 12.2. The van der Waals surface area contributed by atoms with E-state index in [0.717, 1.165) is 23.5 Å². The van der Waals surface area contributed by atoms with E-state index < -0.39 is 5.54 Å². The van der Waals surface area contributed by atoms with E-state index in [0.29, 0.717) is 0 Å². The summed E-state index contributed by atoms with van der Waals surface area (Å²) >= 11 is 1.72. The van der Waals surface area contributed by atoms with Crippen molar-refractivity contribution < 1.29 is 5.11 Å². The second-order valence-electron chi connectivity index (χ2n) is 4.78. The highest BCUT2D eigenvalue weighted by atomic mass is 32.1. The van der Waals surface area contributed by atoms with Gasteiger partial charge in [-0.3, -0.25) is 0 Å². The molecule has 0 saturated carbocycles. The standard InChI is InChI=1S/C15H20N2OS/c1-3-14-16-9-13(19-14)10-17-15(2,11-18)12-7-5-4-6-8-12/h4-9,17-18H,3,10-11H2,1-2H3. The van der Waals surface area contributed by atoms with Crippen LogP contribution in [0, 0.1) is 0 Å². The van der Waals surface area contributed by atoms with E-state index in [1.807, 2.05) is 43.5 Å². The predicted molar refractivity (Wildman–Crippen MR) is 79.2 cm³/mol. The third kappa shape index (κ3) is 3.41. The average Bonchev–Trinajstić information content (AvgIpc) is 2.94. The Hall–Kier alpha value is -1.23. The van der Waals surface area contributed by atoms with Crippen molar-refractivity contribution in [3.63, 3.8) is 0 Å². The fourth-order valence-electron chi connectivity index (χ4n) is 1.93. The van der Waals surface area contributed by atoms with E-state index in [1.54, 1.807) is 11.3 Å². The van der Waals surface area contributed by atoms with Gasteiger partial charge in [-0.25, -0.2) is 4.98 Å². The van der Waals surface area contributed by atoms with Crippen molar-refractivity contribution in [2.75, 3.05) is 6.61 Å². The van der Waals surface area contributed by atoms with Gasteiger partial charge >= 0.3 is 0 Å². The molecular weight excluding hydrogens is 256 g/mol. The van der Waals surface area contributed by atoms with Crippen LogP contribution in [0.2, 0.25) is 0 Å². The molecule has 4 heteroatoms. The summed E-state index contributed by atoms with van der Waals surface area (Å²) in [5, 5.41) is 14.3. The molecule has 1 heterocycles. The van der Waals surface area contributed by atoms with Gasteiger partial charge in [-0.1, -0.05) is 37.3 Å². The molecule has 0 bridgehead atoms. The number of nitrogens with zero attached hydrogens (tertiary/aromatic N) is 1. The van der Waals surface area contributed by atoms with Gasteiger partial charge in [0.25, 0.3) is 0 Å². The molecule has 0 spiro atoms. The smallest absolute Gasteiger partial charge is 0.0925 e. The molecule has 3 nitrogen and oxygen atoms in total. The highest BCUT2D eigenvalue weighted by Crippen LogP contribution is 2.21. The van der Waals surface area contributed by atoms with Gasteiger partial charge in [-0.05, 0) is 18.9 Å². The van der Waals surface area contributed by atoms with E-state index in [4.69, 9.17) is 0 Å². The Morgan fingerprint density at radius 1 is 1.32 bits per heavy atom. The summed E-state index contributed by atoms with van der Waals surface area (Å²) in [6, 6.07) is 10.0. The zero-order valence-electron chi connectivity index (χ0n) is 11.4. The van der Waals surface area contributed by atoms with Crippen molar-refractivity contribution in [1.29, 1.82) is 0 Å². The summed E-state index contributed by atoms with van der Waals surface area (Å²) in [5.41, 5.74) is 0.676. The Morgan fingerprint density at radius 2 is 2.05 bits per heavy atom. The molecule has 2 rings (SSSR count). The molecule has 0 aliphatic rings. The first-order valence-electron chi connectivity index (χ1n) is 6.53. The van der Waals surface area contributed by atoms with E-state index in [9.17, 15) is 5.11 Å². The monoisotopic (exact) mass is 276 g/mol. The summed E-state index contributed by atoms with van der Waals surface area (Å²) in [5.74, 6) is 0. The molecule has 2 aromatic rings. The predicted octanol–water partition coefficient (Wildman–Crippen LogP) is 2.70. The maximum Gasteiger partial charge on any atom is 0.0925 e. The highest BCUT2D eigenvalue weighted by Gasteiger charge is 2.24. The first-order chi connectivity index (χ1) is 9.18. The van der Waals surface area contributed by atoms with Crippen molar-refractivity contribution in [2.45, 2.75) is 32.4 Å². The average molecular weight is 276 g/mol. The number of hydrogen-bond acceptors (Lipinski definition) is 4. The Labute approximate surface area is 118 Å². The molecule has 0 aliphatic carbocycles. The molecule has 1 unspecified atom stereocenters. The maximum atomic E-state index is 9.69. The van der Waals surface area contributed by atoms with Crippen LogP contribution in [0.4, 0.5) is 0 Å². The maximum absolute atomic E-state index is 9.69. The van der Waals surface area contributed by atoms with Crippen LogP contribution in [0.15, 0.2) is 36.5 Å². The topological polar surface area (TPSA) is 45.2 Å². The third-order valence-corrected chi connectivity index (χ3v) is 4.43. The Bertz CT molecular complexity index is 512. The van der Waals surface area contributed by atoms with Crippen LogP contribution in [0.5, 0.6) is 0 Å². The molecule has 0 amide bonds. The molecule has 0 fully saturated rings. The van der Waals surface area contributed by atoms with Gasteiger partial charge in [0.05, 0.1) is 17.2 Å². The molecule has 1 aromatic carbocycles. The Kier molecular flexibility index (Phi) is 4.69. The Morgan fingerprint density at radius 3 is 2.63 bits per heavy atom. The number of thiazole rings is 1. The highest BCUT2D eigenvalue weighted by molar-refractivity contribution is 7.11. The van der Waals surface area contributed by atoms with Crippen molar-refractivity contribution in [1.82, 2.24) is 10.3 Å². The van der Waals surface area contributed by atoms with Crippen LogP contribution in [-0.4, -0.2) is 16.7 Å². The molecular formula is C15H20N2OS. The van der Waals surface area contributed by atoms with Gasteiger partial charge in [0.2, 0.25) is 0 Å². The van der Waals surface area contributed by atoms with Crippen LogP contribution in [0.25, 0.3) is 0 Å². The molecule has 0 saturated heterocycles. The van der Waals surface area contributed by atoms with Gasteiger partial charge < -0.3 is 10.4 Å². The summed E-state index contributed by atoms with van der Waals surface area (Å²) in [6.45, 7) is 4.92. The normalized spacial score (nSPS) is 14.3. The number of benzene rings is 1. The SMILES string of the molecule is CCc1ncc(CNC(C)(CO)c2ccccc2)s1. The van der Waals surface area contributed by atoms with Crippen LogP contribution in [0.1, 0.15) is 29.3 Å². The lowest BCUT2D eigenvalue weighted by Crippen LogP contribution is -2.42. The number of aromatic nitrogens is 1. The van der Waals surface area contributed by atoms with Crippen molar-refractivity contribution in [3.8, 4) is 0 Å². The molecule has 102 valence electrons. The lowest BCUT2D eigenvalue weighted by Gasteiger charge is -2.29. The third-order valence-electron chi connectivity index (χ3n) is 3.28. The molecule has 1 atom stereocenters. The minimum absolute atomic E-state index is 0.0659. The summed E-state index contributed by atoms with van der Waals surface area (Å²) in [7, 11) is 0. The van der Waals surface area contributed by atoms with E-state index in [2.05, 4.69) is 17.2 Å². The van der Waals surface area contributed by atoms with Crippen LogP contribution >= 0.6 is 11.3 Å². The second kappa shape index (κ2) is 6.28. The van der Waals surface area contributed by atoms with Gasteiger partial charge in [0.1, 0.15) is 0 Å².